The first-order valence-electron chi connectivity index (χ1n) is 9.56. The Bertz CT molecular complexity index is 1090. The molecule has 1 aliphatic heterocycles. The Morgan fingerprint density at radius 1 is 1.28 bits per heavy atom. The van der Waals surface area contributed by atoms with Gasteiger partial charge >= 0.3 is 0 Å². The van der Waals surface area contributed by atoms with Gasteiger partial charge in [0.1, 0.15) is 11.6 Å². The second kappa shape index (κ2) is 7.14. The molecular formula is C19H18ClFN6OS. The molecule has 1 amide bonds. The lowest BCUT2D eigenvalue weighted by Gasteiger charge is -2.33. The standard InChI is InChI=1S/C19H18ClFN6OS/c1-10-16-23-24-17(18-22-15(25-29-18)11-3-2-4-11)27(16)8-7-26(10)19(28)12-5-6-14(21)13(20)9-12/h5-6,9-11H,2-4,7-8H2,1H3/t10-/m1/s1. The van der Waals surface area contributed by atoms with Gasteiger partial charge in [-0.3, -0.25) is 4.79 Å². The number of aromatic nitrogens is 5. The molecule has 0 spiro atoms. The quantitative estimate of drug-likeness (QED) is 0.623. The molecule has 0 N–H and O–H groups in total. The predicted octanol–water partition coefficient (Wildman–Crippen LogP) is 4.07. The van der Waals surface area contributed by atoms with E-state index in [9.17, 15) is 9.18 Å². The van der Waals surface area contributed by atoms with Crippen molar-refractivity contribution in [1.29, 1.82) is 0 Å². The lowest BCUT2D eigenvalue weighted by molar-refractivity contribution is 0.0638. The van der Waals surface area contributed by atoms with Gasteiger partial charge in [0.2, 0.25) is 0 Å². The molecule has 5 rings (SSSR count). The molecule has 0 bridgehead atoms. The molecule has 10 heteroatoms. The maximum Gasteiger partial charge on any atom is 0.254 e. The van der Waals surface area contributed by atoms with Crippen LogP contribution in [0.15, 0.2) is 18.2 Å². The summed E-state index contributed by atoms with van der Waals surface area (Å²) in [5, 5.41) is 9.37. The number of rotatable bonds is 3. The van der Waals surface area contributed by atoms with Crippen molar-refractivity contribution in [1.82, 2.24) is 29.0 Å². The third-order valence-corrected chi connectivity index (χ3v) is 6.73. The summed E-state index contributed by atoms with van der Waals surface area (Å²) in [6.45, 7) is 2.95. The Morgan fingerprint density at radius 3 is 2.83 bits per heavy atom. The van der Waals surface area contributed by atoms with Crippen LogP contribution < -0.4 is 0 Å². The summed E-state index contributed by atoms with van der Waals surface area (Å²) in [5.74, 6) is 2.02. The molecule has 1 saturated carbocycles. The molecule has 1 fully saturated rings. The van der Waals surface area contributed by atoms with E-state index < -0.39 is 5.82 Å². The number of hydrogen-bond donors (Lipinski definition) is 0. The Morgan fingerprint density at radius 2 is 2.10 bits per heavy atom. The first-order valence-corrected chi connectivity index (χ1v) is 10.7. The topological polar surface area (TPSA) is 76.8 Å². The fourth-order valence-corrected chi connectivity index (χ4v) is 4.69. The molecule has 1 atom stereocenters. The summed E-state index contributed by atoms with van der Waals surface area (Å²) in [7, 11) is 0. The molecule has 2 aromatic heterocycles. The zero-order valence-corrected chi connectivity index (χ0v) is 17.3. The highest BCUT2D eigenvalue weighted by Gasteiger charge is 2.33. The van der Waals surface area contributed by atoms with E-state index in [-0.39, 0.29) is 17.0 Å². The average molecular weight is 433 g/mol. The Labute approximate surface area is 175 Å². The summed E-state index contributed by atoms with van der Waals surface area (Å²) in [4.78, 5) is 19.3. The van der Waals surface area contributed by atoms with E-state index in [0.717, 1.165) is 23.7 Å². The molecule has 150 valence electrons. The molecule has 0 unspecified atom stereocenters. The van der Waals surface area contributed by atoms with Gasteiger partial charge in [-0.1, -0.05) is 18.0 Å². The second-order valence-electron chi connectivity index (χ2n) is 7.42. The number of amides is 1. The minimum atomic E-state index is -0.544. The molecule has 0 radical (unpaired) electrons. The zero-order valence-electron chi connectivity index (χ0n) is 15.7. The van der Waals surface area contributed by atoms with Crippen LogP contribution in [-0.4, -0.2) is 41.5 Å². The summed E-state index contributed by atoms with van der Waals surface area (Å²) in [6.07, 6.45) is 3.53. The van der Waals surface area contributed by atoms with Crippen LogP contribution in [0, 0.1) is 5.82 Å². The van der Waals surface area contributed by atoms with Crippen molar-refractivity contribution >= 4 is 29.0 Å². The normalized spacial score (nSPS) is 19.1. The highest BCUT2D eigenvalue weighted by atomic mass is 35.5. The van der Waals surface area contributed by atoms with Crippen LogP contribution in [0.1, 0.15) is 60.2 Å². The SMILES string of the molecule is C[C@@H]1c2nnc(-c3nc(C4CCC4)ns3)n2CCN1C(=O)c1ccc(F)c(Cl)c1. The number of fused-ring (bicyclic) bond motifs is 1. The molecule has 2 aliphatic rings. The molecule has 3 aromatic rings. The highest BCUT2D eigenvalue weighted by molar-refractivity contribution is 7.09. The van der Waals surface area contributed by atoms with Crippen LogP contribution >= 0.6 is 23.1 Å². The highest BCUT2D eigenvalue weighted by Crippen LogP contribution is 2.37. The van der Waals surface area contributed by atoms with E-state index in [2.05, 4.69) is 19.6 Å². The lowest BCUT2D eigenvalue weighted by Crippen LogP contribution is -2.41. The van der Waals surface area contributed by atoms with Crippen molar-refractivity contribution in [2.24, 2.45) is 0 Å². The first-order chi connectivity index (χ1) is 14.0. The van der Waals surface area contributed by atoms with Crippen molar-refractivity contribution in [3.8, 4) is 10.8 Å². The third-order valence-electron chi connectivity index (χ3n) is 5.72. The molecule has 7 nitrogen and oxygen atoms in total. The van der Waals surface area contributed by atoms with Gasteiger partial charge < -0.3 is 9.47 Å². The van der Waals surface area contributed by atoms with E-state index in [1.165, 1.54) is 36.2 Å². The van der Waals surface area contributed by atoms with Gasteiger partial charge in [0, 0.05) is 24.6 Å². The number of halogens is 2. The molecule has 3 heterocycles. The van der Waals surface area contributed by atoms with Crippen molar-refractivity contribution in [3.63, 3.8) is 0 Å². The number of nitrogens with zero attached hydrogens (tertiary/aromatic N) is 6. The second-order valence-corrected chi connectivity index (χ2v) is 8.58. The number of carbonyl (C=O) groups is 1. The van der Waals surface area contributed by atoms with E-state index in [1.807, 2.05) is 11.5 Å². The Kier molecular flexibility index (Phi) is 4.59. The smallest absolute Gasteiger partial charge is 0.254 e. The van der Waals surface area contributed by atoms with Crippen LogP contribution in [-0.2, 0) is 6.54 Å². The van der Waals surface area contributed by atoms with Gasteiger partial charge in [-0.2, -0.15) is 4.37 Å². The van der Waals surface area contributed by atoms with Gasteiger partial charge in [-0.15, -0.1) is 10.2 Å². The van der Waals surface area contributed by atoms with Crippen molar-refractivity contribution in [2.75, 3.05) is 6.54 Å². The van der Waals surface area contributed by atoms with Crippen LogP contribution in [0.5, 0.6) is 0 Å². The fourth-order valence-electron chi connectivity index (χ4n) is 3.77. The fraction of sp³-hybridized carbons (Fsp3) is 0.421. The molecule has 1 aromatic carbocycles. The first kappa shape index (κ1) is 18.6. The molecule has 0 saturated heterocycles. The summed E-state index contributed by atoms with van der Waals surface area (Å²) in [5.41, 5.74) is 0.353. The van der Waals surface area contributed by atoms with Gasteiger partial charge in [0.25, 0.3) is 5.91 Å². The third kappa shape index (κ3) is 3.12. The average Bonchev–Trinajstić information content (AvgIpc) is 3.30. The maximum absolute atomic E-state index is 13.4. The Hall–Kier alpha value is -2.39. The predicted molar refractivity (Wildman–Crippen MR) is 106 cm³/mol. The van der Waals surface area contributed by atoms with Gasteiger partial charge in [0.05, 0.1) is 11.1 Å². The minimum Gasteiger partial charge on any atom is -0.327 e. The van der Waals surface area contributed by atoms with Crippen LogP contribution in [0.4, 0.5) is 4.39 Å². The van der Waals surface area contributed by atoms with E-state index in [4.69, 9.17) is 11.6 Å². The zero-order chi connectivity index (χ0) is 20.1. The molecular weight excluding hydrogens is 415 g/mol. The van der Waals surface area contributed by atoms with Gasteiger partial charge in [-0.05, 0) is 49.5 Å². The van der Waals surface area contributed by atoms with Gasteiger partial charge in [-0.25, -0.2) is 9.37 Å². The largest absolute Gasteiger partial charge is 0.327 e. The lowest BCUT2D eigenvalue weighted by atomic mass is 9.85. The minimum absolute atomic E-state index is 0.0653. The van der Waals surface area contributed by atoms with Crippen molar-refractivity contribution in [2.45, 2.75) is 44.7 Å². The van der Waals surface area contributed by atoms with Crippen LogP contribution in [0.2, 0.25) is 5.02 Å². The van der Waals surface area contributed by atoms with Gasteiger partial charge in [0.15, 0.2) is 16.7 Å². The number of hydrogen-bond acceptors (Lipinski definition) is 6. The van der Waals surface area contributed by atoms with Crippen LogP contribution in [0.3, 0.4) is 0 Å². The van der Waals surface area contributed by atoms with E-state index in [1.54, 1.807) is 4.90 Å². The number of benzene rings is 1. The van der Waals surface area contributed by atoms with E-state index >= 15 is 0 Å². The van der Waals surface area contributed by atoms with Crippen molar-refractivity contribution in [3.05, 3.63) is 46.3 Å². The van der Waals surface area contributed by atoms with E-state index in [0.29, 0.717) is 36.2 Å². The summed E-state index contributed by atoms with van der Waals surface area (Å²) >= 11 is 7.19. The van der Waals surface area contributed by atoms with Crippen LogP contribution in [0.25, 0.3) is 10.8 Å². The molecule has 29 heavy (non-hydrogen) atoms. The maximum atomic E-state index is 13.4. The summed E-state index contributed by atoms with van der Waals surface area (Å²) < 4.78 is 19.9. The monoisotopic (exact) mass is 432 g/mol. The van der Waals surface area contributed by atoms with Crippen molar-refractivity contribution < 1.29 is 9.18 Å². The summed E-state index contributed by atoms with van der Waals surface area (Å²) in [6, 6.07) is 3.74. The Balaban J connectivity index is 1.41. The number of carbonyl (C=O) groups excluding carboxylic acids is 1. The molecule has 1 aliphatic carbocycles.